The van der Waals surface area contributed by atoms with E-state index < -0.39 is 5.97 Å². The van der Waals surface area contributed by atoms with Gasteiger partial charge in [0.05, 0.1) is 16.8 Å². The summed E-state index contributed by atoms with van der Waals surface area (Å²) in [6, 6.07) is 5.56. The number of halogens is 1. The van der Waals surface area contributed by atoms with Gasteiger partial charge in [-0.15, -0.1) is 0 Å². The van der Waals surface area contributed by atoms with Crippen LogP contribution in [0.25, 0.3) is 11.0 Å². The molecule has 7 heteroatoms. The van der Waals surface area contributed by atoms with E-state index >= 15 is 0 Å². The average molecular weight is 345 g/mol. The molecule has 0 bridgehead atoms. The van der Waals surface area contributed by atoms with E-state index in [1.54, 1.807) is 6.07 Å². The Labute approximate surface area is 137 Å². The van der Waals surface area contributed by atoms with Gasteiger partial charge in [-0.05, 0) is 30.9 Å². The minimum atomic E-state index is -0.839. The molecule has 2 aromatic rings. The van der Waals surface area contributed by atoms with Gasteiger partial charge >= 0.3 is 5.97 Å². The number of carbonyl (C=O) groups is 1. The Morgan fingerprint density at radius 1 is 1.52 bits per heavy atom. The molecule has 1 unspecified atom stereocenters. The second-order valence-corrected chi connectivity index (χ2v) is 7.35. The zero-order chi connectivity index (χ0) is 15.4. The number of benzene rings is 1. The maximum absolute atomic E-state index is 10.8. The Bertz CT molecular complexity index is 645. The number of fused-ring (bicyclic) bond motifs is 1. The average Bonchev–Trinajstić information content (AvgIpc) is 2.79. The van der Waals surface area contributed by atoms with Crippen molar-refractivity contribution in [1.82, 2.24) is 9.55 Å². The number of nitrogens with zero attached hydrogens (tertiary/aromatic N) is 2. The van der Waals surface area contributed by atoms with Gasteiger partial charge in [0, 0.05) is 16.8 Å². The molecule has 1 N–H and O–H groups in total. The quantitative estimate of drug-likeness (QED) is 0.769. The summed E-state index contributed by atoms with van der Waals surface area (Å²) in [4.78, 5) is 15.3. The molecule has 4 nitrogen and oxygen atoms in total. The molecule has 1 aromatic heterocycles. The summed E-state index contributed by atoms with van der Waals surface area (Å²) in [7, 11) is 0. The lowest BCUT2D eigenvalue weighted by Gasteiger charge is -2.11. The molecule has 0 spiro atoms. The molecule has 114 valence electrons. The van der Waals surface area contributed by atoms with Crippen molar-refractivity contribution in [1.29, 1.82) is 0 Å². The minimum absolute atomic E-state index is 0.00906. The number of aromatic nitrogens is 2. The number of carboxylic acids is 1. The van der Waals surface area contributed by atoms with Crippen molar-refractivity contribution in [2.24, 2.45) is 0 Å². The van der Waals surface area contributed by atoms with Gasteiger partial charge in [-0.1, -0.05) is 30.3 Å². The summed E-state index contributed by atoms with van der Waals surface area (Å²) in [5, 5.41) is 10.8. The molecule has 0 amide bonds. The van der Waals surface area contributed by atoms with Crippen molar-refractivity contribution >= 4 is 52.1 Å². The van der Waals surface area contributed by atoms with Crippen LogP contribution in [0.5, 0.6) is 0 Å². The van der Waals surface area contributed by atoms with Crippen molar-refractivity contribution in [3.8, 4) is 0 Å². The highest BCUT2D eigenvalue weighted by Gasteiger charge is 2.14. The van der Waals surface area contributed by atoms with E-state index in [1.165, 1.54) is 11.8 Å². The fourth-order valence-electron chi connectivity index (χ4n) is 1.96. The second-order valence-electron chi connectivity index (χ2n) is 4.70. The van der Waals surface area contributed by atoms with E-state index in [0.717, 1.165) is 29.2 Å². The number of hydrogen-bond donors (Lipinski definition) is 1. The first-order chi connectivity index (χ1) is 10.0. The summed E-state index contributed by atoms with van der Waals surface area (Å²) in [5.74, 6) is -0.830. The van der Waals surface area contributed by atoms with Crippen molar-refractivity contribution < 1.29 is 9.90 Å². The summed E-state index contributed by atoms with van der Waals surface area (Å²) >= 11 is 9.14. The normalized spacial score (nSPS) is 12.7. The van der Waals surface area contributed by atoms with Gasteiger partial charge in [-0.3, -0.25) is 4.79 Å². The van der Waals surface area contributed by atoms with Gasteiger partial charge in [0.25, 0.3) is 0 Å². The first-order valence-electron chi connectivity index (χ1n) is 6.54. The molecule has 0 saturated heterocycles. The monoisotopic (exact) mass is 344 g/mol. The zero-order valence-electron chi connectivity index (χ0n) is 11.9. The number of rotatable bonds is 7. The second kappa shape index (κ2) is 7.42. The number of carboxylic acid groups (broad SMARTS) is 1. The first-order valence-corrected chi connectivity index (χ1v) is 9.19. The topological polar surface area (TPSA) is 55.1 Å². The zero-order valence-corrected chi connectivity index (χ0v) is 14.3. The van der Waals surface area contributed by atoms with Gasteiger partial charge in [0.1, 0.15) is 0 Å². The predicted octanol–water partition coefficient (Wildman–Crippen LogP) is 4.01. The van der Waals surface area contributed by atoms with E-state index in [1.807, 2.05) is 23.9 Å². The number of imidazole rings is 1. The molecule has 0 aliphatic rings. The Balaban J connectivity index is 2.33. The molecule has 0 fully saturated rings. The number of aryl methyl sites for hydroxylation is 1. The third kappa shape index (κ3) is 4.31. The van der Waals surface area contributed by atoms with E-state index in [0.29, 0.717) is 10.3 Å². The van der Waals surface area contributed by atoms with Crippen LogP contribution in [0.3, 0.4) is 0 Å². The molecule has 0 aliphatic heterocycles. The number of thioether (sulfide) groups is 2. The molecule has 1 aromatic carbocycles. The SMILES string of the molecule is CSC(C)CCn1c(SCC(=O)O)nc2ccc(Cl)cc21. The van der Waals surface area contributed by atoms with Gasteiger partial charge in [-0.2, -0.15) is 11.8 Å². The fourth-order valence-corrected chi connectivity index (χ4v) is 3.22. The smallest absolute Gasteiger partial charge is 0.313 e. The molecule has 21 heavy (non-hydrogen) atoms. The molecule has 1 atom stereocenters. The lowest BCUT2D eigenvalue weighted by atomic mass is 10.3. The third-order valence-electron chi connectivity index (χ3n) is 3.16. The van der Waals surface area contributed by atoms with E-state index in [4.69, 9.17) is 16.7 Å². The van der Waals surface area contributed by atoms with Crippen LogP contribution in [0.2, 0.25) is 5.02 Å². The maximum atomic E-state index is 10.8. The number of aliphatic carboxylic acids is 1. The highest BCUT2D eigenvalue weighted by Crippen LogP contribution is 2.27. The Morgan fingerprint density at radius 3 is 2.95 bits per heavy atom. The van der Waals surface area contributed by atoms with Crippen LogP contribution in [0.4, 0.5) is 0 Å². The standard InChI is InChI=1S/C14H17ClN2O2S2/c1-9(20-2)5-6-17-12-7-10(15)3-4-11(12)16-14(17)21-8-13(18)19/h3-4,7,9H,5-6,8H2,1-2H3,(H,18,19). The van der Waals surface area contributed by atoms with Crippen LogP contribution in [0.15, 0.2) is 23.4 Å². The molecule has 0 aliphatic carbocycles. The van der Waals surface area contributed by atoms with Crippen LogP contribution in [0.1, 0.15) is 13.3 Å². The van der Waals surface area contributed by atoms with Gasteiger partial charge in [0.15, 0.2) is 5.16 Å². The van der Waals surface area contributed by atoms with E-state index in [9.17, 15) is 4.79 Å². The summed E-state index contributed by atoms with van der Waals surface area (Å²) < 4.78 is 2.07. The minimum Gasteiger partial charge on any atom is -0.481 e. The molecule has 1 heterocycles. The van der Waals surface area contributed by atoms with E-state index in [-0.39, 0.29) is 5.75 Å². The molecule has 2 rings (SSSR count). The summed E-state index contributed by atoms with van der Waals surface area (Å²) in [6.45, 7) is 2.99. The summed E-state index contributed by atoms with van der Waals surface area (Å²) in [6.07, 6.45) is 3.09. The van der Waals surface area contributed by atoms with Crippen molar-refractivity contribution in [3.05, 3.63) is 23.2 Å². The maximum Gasteiger partial charge on any atom is 0.313 e. The van der Waals surface area contributed by atoms with Crippen molar-refractivity contribution in [3.63, 3.8) is 0 Å². The molecule has 0 radical (unpaired) electrons. The Morgan fingerprint density at radius 2 is 2.29 bits per heavy atom. The van der Waals surface area contributed by atoms with E-state index in [2.05, 4.69) is 22.7 Å². The van der Waals surface area contributed by atoms with Crippen LogP contribution >= 0.6 is 35.1 Å². The largest absolute Gasteiger partial charge is 0.481 e. The summed E-state index contributed by atoms with van der Waals surface area (Å²) in [5.41, 5.74) is 1.81. The Kier molecular flexibility index (Phi) is 5.84. The van der Waals surface area contributed by atoms with Crippen LogP contribution in [-0.2, 0) is 11.3 Å². The van der Waals surface area contributed by atoms with Crippen LogP contribution in [-0.4, -0.2) is 37.9 Å². The number of hydrogen-bond acceptors (Lipinski definition) is 4. The van der Waals surface area contributed by atoms with Crippen molar-refractivity contribution in [2.75, 3.05) is 12.0 Å². The Hall–Kier alpha value is -0.850. The lowest BCUT2D eigenvalue weighted by Crippen LogP contribution is -2.07. The van der Waals surface area contributed by atoms with Gasteiger partial charge in [0.2, 0.25) is 0 Å². The third-order valence-corrected chi connectivity index (χ3v) is 5.40. The molecular weight excluding hydrogens is 328 g/mol. The van der Waals surface area contributed by atoms with Crippen LogP contribution < -0.4 is 0 Å². The lowest BCUT2D eigenvalue weighted by molar-refractivity contribution is -0.133. The highest BCUT2D eigenvalue weighted by atomic mass is 35.5. The first kappa shape index (κ1) is 16.5. The van der Waals surface area contributed by atoms with Crippen molar-refractivity contribution in [2.45, 2.75) is 30.3 Å². The fraction of sp³-hybridized carbons (Fsp3) is 0.429. The van der Waals surface area contributed by atoms with Gasteiger partial charge in [-0.25, -0.2) is 4.98 Å². The molecule has 0 saturated carbocycles. The van der Waals surface area contributed by atoms with Gasteiger partial charge < -0.3 is 9.67 Å². The predicted molar refractivity (Wildman–Crippen MR) is 90.7 cm³/mol. The highest BCUT2D eigenvalue weighted by molar-refractivity contribution is 7.99. The molecular formula is C14H17ClN2O2S2. The van der Waals surface area contributed by atoms with Crippen LogP contribution in [0, 0.1) is 0 Å².